The fourth-order valence-corrected chi connectivity index (χ4v) is 3.27. The quantitative estimate of drug-likeness (QED) is 0.865. The fourth-order valence-electron chi connectivity index (χ4n) is 3.27. The lowest BCUT2D eigenvalue weighted by Gasteiger charge is -2.27. The van der Waals surface area contributed by atoms with Gasteiger partial charge >= 0.3 is 5.97 Å². The smallest absolute Gasteiger partial charge is 0.339 e. The molecule has 1 aliphatic rings. The van der Waals surface area contributed by atoms with Crippen LogP contribution in [0.3, 0.4) is 0 Å². The zero-order valence-corrected chi connectivity index (χ0v) is 14.6. The van der Waals surface area contributed by atoms with Gasteiger partial charge in [-0.1, -0.05) is 42.5 Å². The number of nitrogens with one attached hydrogen (secondary N) is 1. The van der Waals surface area contributed by atoms with E-state index in [4.69, 9.17) is 4.74 Å². The number of carbonyl (C=O) groups excluding carboxylic acids is 2. The van der Waals surface area contributed by atoms with E-state index in [1.165, 1.54) is 11.1 Å². The molecule has 1 aliphatic carbocycles. The molecule has 2 atom stereocenters. The van der Waals surface area contributed by atoms with Gasteiger partial charge in [0.2, 0.25) is 0 Å². The zero-order valence-electron chi connectivity index (χ0n) is 14.6. The highest BCUT2D eigenvalue weighted by molar-refractivity contribution is 5.93. The molecule has 0 radical (unpaired) electrons. The molecule has 0 unspecified atom stereocenters. The number of hydrogen-bond donors (Lipinski definition) is 1. The zero-order chi connectivity index (χ0) is 17.8. The fraction of sp³-hybridized carbons (Fsp3) is 0.333. The highest BCUT2D eigenvalue weighted by Gasteiger charge is 2.25. The van der Waals surface area contributed by atoms with E-state index in [1.54, 1.807) is 19.1 Å². The molecule has 1 N–H and O–H groups in total. The van der Waals surface area contributed by atoms with Crippen LogP contribution in [-0.2, 0) is 16.0 Å². The van der Waals surface area contributed by atoms with Crippen LogP contribution in [0.1, 0.15) is 52.9 Å². The van der Waals surface area contributed by atoms with Gasteiger partial charge in [0.15, 0.2) is 6.10 Å². The summed E-state index contributed by atoms with van der Waals surface area (Å²) >= 11 is 0. The van der Waals surface area contributed by atoms with Crippen molar-refractivity contribution in [3.8, 4) is 0 Å². The molecule has 0 saturated heterocycles. The molecule has 0 spiro atoms. The Morgan fingerprint density at radius 3 is 2.64 bits per heavy atom. The van der Waals surface area contributed by atoms with Gasteiger partial charge < -0.3 is 10.1 Å². The molecule has 4 nitrogen and oxygen atoms in total. The molecular weight excluding hydrogens is 314 g/mol. The van der Waals surface area contributed by atoms with Gasteiger partial charge in [-0.3, -0.25) is 4.79 Å². The topological polar surface area (TPSA) is 55.4 Å². The summed E-state index contributed by atoms with van der Waals surface area (Å²) in [4.78, 5) is 24.8. The Morgan fingerprint density at radius 1 is 1.12 bits per heavy atom. The van der Waals surface area contributed by atoms with Crippen molar-refractivity contribution in [3.63, 3.8) is 0 Å². The maximum atomic E-state index is 12.5. The SMILES string of the molecule is Cc1ccccc1C(=O)O[C@H](C)C(=O)N[C@H]1CCCc2ccccc21. The Balaban J connectivity index is 1.64. The summed E-state index contributed by atoms with van der Waals surface area (Å²) in [6, 6.07) is 15.4. The van der Waals surface area contributed by atoms with Gasteiger partial charge in [0, 0.05) is 0 Å². The van der Waals surface area contributed by atoms with Crippen LogP contribution < -0.4 is 5.32 Å². The third-order valence-electron chi connectivity index (χ3n) is 4.70. The van der Waals surface area contributed by atoms with E-state index in [1.807, 2.05) is 31.2 Å². The van der Waals surface area contributed by atoms with Crippen molar-refractivity contribution in [1.29, 1.82) is 0 Å². The number of rotatable bonds is 4. The Bertz CT molecular complexity index is 784. The molecule has 0 saturated carbocycles. The molecule has 2 aromatic carbocycles. The predicted octanol–water partition coefficient (Wildman–Crippen LogP) is 3.73. The highest BCUT2D eigenvalue weighted by Crippen LogP contribution is 2.29. The minimum absolute atomic E-state index is 0.0166. The number of ether oxygens (including phenoxy) is 1. The summed E-state index contributed by atoms with van der Waals surface area (Å²) < 4.78 is 5.36. The number of hydrogen-bond acceptors (Lipinski definition) is 3. The Morgan fingerprint density at radius 2 is 1.84 bits per heavy atom. The second-order valence-corrected chi connectivity index (χ2v) is 6.51. The lowest BCUT2D eigenvalue weighted by Crippen LogP contribution is -2.39. The van der Waals surface area contributed by atoms with Crippen LogP contribution >= 0.6 is 0 Å². The highest BCUT2D eigenvalue weighted by atomic mass is 16.5. The Labute approximate surface area is 148 Å². The van der Waals surface area contributed by atoms with Gasteiger partial charge in [-0.05, 0) is 55.9 Å². The summed E-state index contributed by atoms with van der Waals surface area (Å²) in [6.45, 7) is 3.46. The molecule has 130 valence electrons. The summed E-state index contributed by atoms with van der Waals surface area (Å²) in [6.07, 6.45) is 2.15. The van der Waals surface area contributed by atoms with E-state index in [0.29, 0.717) is 5.56 Å². The van der Waals surface area contributed by atoms with Crippen molar-refractivity contribution < 1.29 is 14.3 Å². The van der Waals surface area contributed by atoms with Gasteiger partial charge in [0.25, 0.3) is 5.91 Å². The van der Waals surface area contributed by atoms with E-state index in [2.05, 4.69) is 17.4 Å². The van der Waals surface area contributed by atoms with Crippen LogP contribution in [0, 0.1) is 6.92 Å². The van der Waals surface area contributed by atoms with Gasteiger partial charge in [0.1, 0.15) is 0 Å². The lowest BCUT2D eigenvalue weighted by molar-refractivity contribution is -0.130. The molecule has 25 heavy (non-hydrogen) atoms. The van der Waals surface area contributed by atoms with E-state index in [9.17, 15) is 9.59 Å². The van der Waals surface area contributed by atoms with Crippen LogP contribution in [0.5, 0.6) is 0 Å². The molecule has 1 amide bonds. The van der Waals surface area contributed by atoms with Crippen molar-refractivity contribution in [2.45, 2.75) is 45.3 Å². The minimum Gasteiger partial charge on any atom is -0.449 e. The van der Waals surface area contributed by atoms with E-state index < -0.39 is 12.1 Å². The van der Waals surface area contributed by atoms with Crippen LogP contribution in [-0.4, -0.2) is 18.0 Å². The number of fused-ring (bicyclic) bond motifs is 1. The number of amides is 1. The maximum absolute atomic E-state index is 12.5. The molecule has 0 bridgehead atoms. The molecule has 4 heteroatoms. The van der Waals surface area contributed by atoms with Gasteiger partial charge in [-0.15, -0.1) is 0 Å². The summed E-state index contributed by atoms with van der Waals surface area (Å²) in [5, 5.41) is 3.03. The third-order valence-corrected chi connectivity index (χ3v) is 4.70. The first kappa shape index (κ1) is 17.2. The molecule has 0 aliphatic heterocycles. The van der Waals surface area contributed by atoms with Crippen molar-refractivity contribution in [3.05, 3.63) is 70.8 Å². The first-order valence-corrected chi connectivity index (χ1v) is 8.71. The molecule has 0 fully saturated rings. The average molecular weight is 337 g/mol. The Hall–Kier alpha value is -2.62. The van der Waals surface area contributed by atoms with Crippen molar-refractivity contribution in [2.24, 2.45) is 0 Å². The molecule has 0 heterocycles. The average Bonchev–Trinajstić information content (AvgIpc) is 2.62. The van der Waals surface area contributed by atoms with Crippen molar-refractivity contribution in [1.82, 2.24) is 5.32 Å². The first-order chi connectivity index (χ1) is 12.1. The van der Waals surface area contributed by atoms with Crippen LogP contribution in [0.2, 0.25) is 0 Å². The Kier molecular flexibility index (Phi) is 5.17. The van der Waals surface area contributed by atoms with E-state index in [0.717, 1.165) is 24.8 Å². The second kappa shape index (κ2) is 7.51. The van der Waals surface area contributed by atoms with Crippen LogP contribution in [0.25, 0.3) is 0 Å². The first-order valence-electron chi connectivity index (χ1n) is 8.71. The van der Waals surface area contributed by atoms with Crippen LogP contribution in [0.15, 0.2) is 48.5 Å². The molecular formula is C21H23NO3. The number of carbonyl (C=O) groups is 2. The van der Waals surface area contributed by atoms with Gasteiger partial charge in [0.05, 0.1) is 11.6 Å². The summed E-state index contributed by atoms with van der Waals surface area (Å²) in [5.74, 6) is -0.728. The summed E-state index contributed by atoms with van der Waals surface area (Å²) in [7, 11) is 0. The van der Waals surface area contributed by atoms with Gasteiger partial charge in [-0.2, -0.15) is 0 Å². The number of esters is 1. The second-order valence-electron chi connectivity index (χ2n) is 6.51. The van der Waals surface area contributed by atoms with Crippen LogP contribution in [0.4, 0.5) is 0 Å². The maximum Gasteiger partial charge on any atom is 0.339 e. The van der Waals surface area contributed by atoms with Crippen molar-refractivity contribution in [2.75, 3.05) is 0 Å². The van der Waals surface area contributed by atoms with Gasteiger partial charge in [-0.25, -0.2) is 4.79 Å². The number of aryl methyl sites for hydroxylation is 2. The predicted molar refractivity (Wildman–Crippen MR) is 96.3 cm³/mol. The standard InChI is InChI=1S/C21H23NO3/c1-14-8-3-5-11-17(14)21(24)25-15(2)20(23)22-19-13-7-10-16-9-4-6-12-18(16)19/h3-6,8-9,11-12,15,19H,7,10,13H2,1-2H3,(H,22,23)/t15-,19+/m1/s1. The minimum atomic E-state index is -0.832. The van der Waals surface area contributed by atoms with E-state index in [-0.39, 0.29) is 11.9 Å². The third kappa shape index (κ3) is 3.90. The molecule has 3 rings (SSSR count). The summed E-state index contributed by atoms with van der Waals surface area (Å²) in [5.41, 5.74) is 3.77. The van der Waals surface area contributed by atoms with E-state index >= 15 is 0 Å². The largest absolute Gasteiger partial charge is 0.449 e. The molecule has 0 aromatic heterocycles. The normalized spacial score (nSPS) is 17.3. The lowest BCUT2D eigenvalue weighted by atomic mass is 9.87. The monoisotopic (exact) mass is 337 g/mol. The number of benzene rings is 2. The molecule has 2 aromatic rings. The van der Waals surface area contributed by atoms with Crippen molar-refractivity contribution >= 4 is 11.9 Å².